The third-order valence-corrected chi connectivity index (χ3v) is 3.59. The van der Waals surface area contributed by atoms with E-state index in [1.165, 1.54) is 0 Å². The zero-order valence-corrected chi connectivity index (χ0v) is 10.9. The van der Waals surface area contributed by atoms with Crippen LogP contribution in [-0.2, 0) is 0 Å². The van der Waals surface area contributed by atoms with Crippen molar-refractivity contribution in [3.63, 3.8) is 0 Å². The maximum atomic E-state index is 12.4. The zero-order chi connectivity index (χ0) is 12.4. The Morgan fingerprint density at radius 2 is 2.18 bits per heavy atom. The number of carbonyl (C=O) groups is 1. The van der Waals surface area contributed by atoms with Crippen molar-refractivity contribution in [1.82, 2.24) is 4.90 Å². The Bertz CT molecular complexity index is 411. The van der Waals surface area contributed by atoms with Crippen LogP contribution in [0.25, 0.3) is 0 Å². The number of aryl methyl sites for hydroxylation is 1. The van der Waals surface area contributed by atoms with Gasteiger partial charge in [-0.1, -0.05) is 31.5 Å². The van der Waals surface area contributed by atoms with Crippen molar-refractivity contribution in [2.45, 2.75) is 39.7 Å². The number of hydrogen-bond acceptors (Lipinski definition) is 1. The summed E-state index contributed by atoms with van der Waals surface area (Å²) in [4.78, 5) is 14.5. The van der Waals surface area contributed by atoms with Gasteiger partial charge in [0, 0.05) is 18.2 Å². The van der Waals surface area contributed by atoms with Gasteiger partial charge >= 0.3 is 0 Å². The van der Waals surface area contributed by atoms with Crippen LogP contribution < -0.4 is 0 Å². The molecule has 0 saturated carbocycles. The molecule has 0 bridgehead atoms. The molecule has 0 radical (unpaired) electrons. The average Bonchev–Trinajstić information content (AvgIpc) is 2.77. The van der Waals surface area contributed by atoms with Crippen LogP contribution in [0, 0.1) is 12.8 Å². The molecule has 0 aliphatic carbocycles. The Morgan fingerprint density at radius 3 is 2.82 bits per heavy atom. The molecule has 92 valence electrons. The van der Waals surface area contributed by atoms with E-state index in [1.54, 1.807) is 0 Å². The van der Waals surface area contributed by atoms with E-state index in [9.17, 15) is 4.79 Å². The van der Waals surface area contributed by atoms with E-state index in [1.807, 2.05) is 31.2 Å². The van der Waals surface area contributed by atoms with Crippen LogP contribution >= 0.6 is 0 Å². The van der Waals surface area contributed by atoms with Crippen LogP contribution in [-0.4, -0.2) is 23.4 Å². The third kappa shape index (κ3) is 2.51. The fourth-order valence-corrected chi connectivity index (χ4v) is 2.68. The maximum absolute atomic E-state index is 12.4. The number of rotatable bonds is 2. The number of benzene rings is 1. The van der Waals surface area contributed by atoms with Crippen LogP contribution in [0.15, 0.2) is 24.3 Å². The van der Waals surface area contributed by atoms with Gasteiger partial charge in [-0.2, -0.15) is 0 Å². The molecule has 1 aliphatic heterocycles. The van der Waals surface area contributed by atoms with Gasteiger partial charge in [-0.05, 0) is 37.8 Å². The number of hydrogen-bond donors (Lipinski definition) is 0. The van der Waals surface area contributed by atoms with E-state index in [0.29, 0.717) is 12.0 Å². The Labute approximate surface area is 104 Å². The van der Waals surface area contributed by atoms with Crippen LogP contribution in [0.3, 0.4) is 0 Å². The Balaban J connectivity index is 2.20. The first kappa shape index (κ1) is 12.2. The molecule has 1 aromatic rings. The van der Waals surface area contributed by atoms with Crippen LogP contribution in [0.5, 0.6) is 0 Å². The van der Waals surface area contributed by atoms with Gasteiger partial charge in [0.15, 0.2) is 0 Å². The molecule has 2 rings (SSSR count). The first-order chi connectivity index (χ1) is 8.09. The molecule has 2 nitrogen and oxygen atoms in total. The minimum absolute atomic E-state index is 0.199. The van der Waals surface area contributed by atoms with Crippen molar-refractivity contribution in [1.29, 1.82) is 0 Å². The second-order valence-electron chi connectivity index (χ2n) is 5.32. The minimum atomic E-state index is 0.199. The highest BCUT2D eigenvalue weighted by Gasteiger charge is 2.31. The van der Waals surface area contributed by atoms with Crippen LogP contribution in [0.2, 0.25) is 0 Å². The summed E-state index contributed by atoms with van der Waals surface area (Å²) >= 11 is 0. The molecule has 0 N–H and O–H groups in total. The van der Waals surface area contributed by atoms with E-state index in [0.717, 1.165) is 30.5 Å². The van der Waals surface area contributed by atoms with E-state index >= 15 is 0 Å². The van der Waals surface area contributed by atoms with Crippen molar-refractivity contribution < 1.29 is 4.79 Å². The minimum Gasteiger partial charge on any atom is -0.335 e. The van der Waals surface area contributed by atoms with Gasteiger partial charge in [-0.3, -0.25) is 4.79 Å². The standard InChI is InChI=1S/C15H21NO/c1-11(2)14-8-5-9-16(14)15(17)13-7-4-6-12(3)10-13/h4,6-7,10-11,14H,5,8-9H2,1-3H3. The number of amides is 1. The van der Waals surface area contributed by atoms with Gasteiger partial charge in [-0.25, -0.2) is 0 Å². The fourth-order valence-electron chi connectivity index (χ4n) is 2.68. The molecule has 1 atom stereocenters. The Hall–Kier alpha value is -1.31. The molecule has 17 heavy (non-hydrogen) atoms. The normalized spacial score (nSPS) is 20.0. The number of likely N-dealkylation sites (tertiary alicyclic amines) is 1. The summed E-state index contributed by atoms with van der Waals surface area (Å²) in [5.41, 5.74) is 1.98. The fraction of sp³-hybridized carbons (Fsp3) is 0.533. The van der Waals surface area contributed by atoms with Crippen molar-refractivity contribution >= 4 is 5.91 Å². The topological polar surface area (TPSA) is 20.3 Å². The van der Waals surface area contributed by atoms with Gasteiger partial charge in [0.25, 0.3) is 5.91 Å². The van der Waals surface area contributed by atoms with Gasteiger partial charge in [0.1, 0.15) is 0 Å². The lowest BCUT2D eigenvalue weighted by Gasteiger charge is -2.27. The average molecular weight is 231 g/mol. The molecule has 1 heterocycles. The number of nitrogens with zero attached hydrogens (tertiary/aromatic N) is 1. The molecule has 1 saturated heterocycles. The summed E-state index contributed by atoms with van der Waals surface area (Å²) < 4.78 is 0. The van der Waals surface area contributed by atoms with Crippen molar-refractivity contribution in [3.05, 3.63) is 35.4 Å². The predicted octanol–water partition coefficient (Wildman–Crippen LogP) is 3.26. The first-order valence-electron chi connectivity index (χ1n) is 6.47. The van der Waals surface area contributed by atoms with Crippen molar-refractivity contribution in [3.8, 4) is 0 Å². The van der Waals surface area contributed by atoms with Crippen molar-refractivity contribution in [2.24, 2.45) is 5.92 Å². The van der Waals surface area contributed by atoms with E-state index in [4.69, 9.17) is 0 Å². The lowest BCUT2D eigenvalue weighted by Crippen LogP contribution is -2.38. The monoisotopic (exact) mass is 231 g/mol. The predicted molar refractivity (Wildman–Crippen MR) is 70.1 cm³/mol. The molecule has 1 fully saturated rings. The highest BCUT2D eigenvalue weighted by atomic mass is 16.2. The van der Waals surface area contributed by atoms with Gasteiger partial charge < -0.3 is 4.90 Å². The SMILES string of the molecule is Cc1cccc(C(=O)N2CCCC2C(C)C)c1. The zero-order valence-electron chi connectivity index (χ0n) is 10.9. The summed E-state index contributed by atoms with van der Waals surface area (Å²) in [5, 5.41) is 0. The van der Waals surface area contributed by atoms with E-state index in [2.05, 4.69) is 18.7 Å². The Morgan fingerprint density at radius 1 is 1.41 bits per heavy atom. The highest BCUT2D eigenvalue weighted by Crippen LogP contribution is 2.25. The largest absolute Gasteiger partial charge is 0.335 e. The third-order valence-electron chi connectivity index (χ3n) is 3.59. The summed E-state index contributed by atoms with van der Waals surface area (Å²) in [6.07, 6.45) is 2.29. The first-order valence-corrected chi connectivity index (χ1v) is 6.47. The molecule has 1 unspecified atom stereocenters. The Kier molecular flexibility index (Phi) is 3.51. The van der Waals surface area contributed by atoms with Crippen LogP contribution in [0.4, 0.5) is 0 Å². The summed E-state index contributed by atoms with van der Waals surface area (Å²) in [6.45, 7) is 7.34. The molecule has 1 aliphatic rings. The molecule has 0 aromatic heterocycles. The second kappa shape index (κ2) is 4.91. The lowest BCUT2D eigenvalue weighted by molar-refractivity contribution is 0.0701. The summed E-state index contributed by atoms with van der Waals surface area (Å²) in [7, 11) is 0. The molecule has 2 heteroatoms. The molecular formula is C15H21NO. The van der Waals surface area contributed by atoms with Crippen LogP contribution in [0.1, 0.15) is 42.6 Å². The van der Waals surface area contributed by atoms with Gasteiger partial charge in [0.2, 0.25) is 0 Å². The molecule has 0 spiro atoms. The van der Waals surface area contributed by atoms with E-state index in [-0.39, 0.29) is 5.91 Å². The molecule has 1 aromatic carbocycles. The smallest absolute Gasteiger partial charge is 0.254 e. The lowest BCUT2D eigenvalue weighted by atomic mass is 10.0. The van der Waals surface area contributed by atoms with E-state index < -0.39 is 0 Å². The molecular weight excluding hydrogens is 210 g/mol. The molecule has 1 amide bonds. The second-order valence-corrected chi connectivity index (χ2v) is 5.32. The number of carbonyl (C=O) groups excluding carboxylic acids is 1. The summed E-state index contributed by atoms with van der Waals surface area (Å²) in [6, 6.07) is 8.32. The van der Waals surface area contributed by atoms with Crippen molar-refractivity contribution in [2.75, 3.05) is 6.54 Å². The summed E-state index contributed by atoms with van der Waals surface area (Å²) in [5.74, 6) is 0.746. The quantitative estimate of drug-likeness (QED) is 0.765. The van der Waals surface area contributed by atoms with Gasteiger partial charge in [0.05, 0.1) is 0 Å². The maximum Gasteiger partial charge on any atom is 0.254 e. The van der Waals surface area contributed by atoms with Gasteiger partial charge in [-0.15, -0.1) is 0 Å². The highest BCUT2D eigenvalue weighted by molar-refractivity contribution is 5.94.